The van der Waals surface area contributed by atoms with Gasteiger partial charge in [-0.15, -0.1) is 11.8 Å². The van der Waals surface area contributed by atoms with Crippen molar-refractivity contribution in [2.45, 2.75) is 36.6 Å². The van der Waals surface area contributed by atoms with Gasteiger partial charge < -0.3 is 10.4 Å². The number of hydrogen-bond donors (Lipinski definition) is 2. The maximum Gasteiger partial charge on any atom is 0.305 e. The van der Waals surface area contributed by atoms with Crippen LogP contribution in [0.4, 0.5) is 4.39 Å². The van der Waals surface area contributed by atoms with Crippen LogP contribution in [0, 0.1) is 11.7 Å². The van der Waals surface area contributed by atoms with Crippen LogP contribution < -0.4 is 5.32 Å². The van der Waals surface area contributed by atoms with Crippen LogP contribution in [0.15, 0.2) is 29.2 Å². The van der Waals surface area contributed by atoms with Crippen molar-refractivity contribution in [3.63, 3.8) is 0 Å². The zero-order valence-corrected chi connectivity index (χ0v) is 12.4. The lowest BCUT2D eigenvalue weighted by Crippen LogP contribution is -2.38. The highest BCUT2D eigenvalue weighted by molar-refractivity contribution is 7.99. The van der Waals surface area contributed by atoms with E-state index in [2.05, 4.69) is 5.32 Å². The fourth-order valence-corrected chi connectivity index (χ4v) is 3.00. The molecule has 0 aliphatic heterocycles. The van der Waals surface area contributed by atoms with Gasteiger partial charge in [0.05, 0.1) is 6.42 Å². The molecule has 1 aliphatic carbocycles. The van der Waals surface area contributed by atoms with Gasteiger partial charge >= 0.3 is 5.97 Å². The summed E-state index contributed by atoms with van der Waals surface area (Å²) >= 11 is 1.29. The number of aliphatic carboxylic acids is 1. The number of carbonyl (C=O) groups excluding carboxylic acids is 1. The summed E-state index contributed by atoms with van der Waals surface area (Å²) in [5.74, 6) is -0.587. The third-order valence-electron chi connectivity index (χ3n) is 3.36. The molecule has 114 valence electrons. The first-order valence-electron chi connectivity index (χ1n) is 6.94. The van der Waals surface area contributed by atoms with Crippen molar-refractivity contribution in [1.82, 2.24) is 5.32 Å². The smallest absolute Gasteiger partial charge is 0.305 e. The molecule has 0 heterocycles. The molecular formula is C15H18FNO3S. The molecule has 0 spiro atoms. The van der Waals surface area contributed by atoms with Gasteiger partial charge in [0.25, 0.3) is 0 Å². The van der Waals surface area contributed by atoms with Crippen LogP contribution in [0.25, 0.3) is 0 Å². The van der Waals surface area contributed by atoms with Gasteiger partial charge in [0, 0.05) is 23.1 Å². The standard InChI is InChI=1S/C15H18FNO3S/c16-11-3-1-2-4-13(11)21-8-7-14(18)17-12(9-15(19)20)10-5-6-10/h1-4,10,12H,5-9H2,(H,17,18)(H,19,20). The minimum absolute atomic E-state index is 0.0309. The molecule has 0 bridgehead atoms. The average Bonchev–Trinajstić information content (AvgIpc) is 3.24. The highest BCUT2D eigenvalue weighted by Gasteiger charge is 2.33. The molecule has 1 aromatic rings. The summed E-state index contributed by atoms with van der Waals surface area (Å²) in [5.41, 5.74) is 0. The second-order valence-corrected chi connectivity index (χ2v) is 6.27. The summed E-state index contributed by atoms with van der Waals surface area (Å²) in [6, 6.07) is 6.17. The van der Waals surface area contributed by atoms with Gasteiger partial charge in [-0.25, -0.2) is 4.39 Å². The molecule has 21 heavy (non-hydrogen) atoms. The first kappa shape index (κ1) is 15.8. The Labute approximate surface area is 127 Å². The van der Waals surface area contributed by atoms with E-state index in [9.17, 15) is 14.0 Å². The van der Waals surface area contributed by atoms with Crippen LogP contribution in [-0.4, -0.2) is 28.8 Å². The van der Waals surface area contributed by atoms with Gasteiger partial charge in [-0.3, -0.25) is 9.59 Å². The molecule has 0 saturated heterocycles. The van der Waals surface area contributed by atoms with Crippen LogP contribution in [0.5, 0.6) is 0 Å². The predicted molar refractivity (Wildman–Crippen MR) is 78.6 cm³/mol. The Hall–Kier alpha value is -1.56. The molecule has 1 atom stereocenters. The molecule has 1 amide bonds. The third kappa shape index (κ3) is 5.38. The number of carboxylic acids is 1. The van der Waals surface area contributed by atoms with E-state index in [1.165, 1.54) is 17.8 Å². The fourth-order valence-electron chi connectivity index (χ4n) is 2.12. The Morgan fingerprint density at radius 3 is 2.71 bits per heavy atom. The van der Waals surface area contributed by atoms with Crippen molar-refractivity contribution in [3.8, 4) is 0 Å². The van der Waals surface area contributed by atoms with E-state index in [0.717, 1.165) is 12.8 Å². The Bertz CT molecular complexity index is 519. The minimum atomic E-state index is -0.895. The number of carbonyl (C=O) groups is 2. The molecular weight excluding hydrogens is 293 g/mol. The van der Waals surface area contributed by atoms with Crippen LogP contribution in [0.2, 0.25) is 0 Å². The summed E-state index contributed by atoms with van der Waals surface area (Å²) in [7, 11) is 0. The molecule has 1 aromatic carbocycles. The summed E-state index contributed by atoms with van der Waals surface area (Å²) in [5, 5.41) is 11.6. The van der Waals surface area contributed by atoms with Gasteiger partial charge in [-0.1, -0.05) is 12.1 Å². The summed E-state index contributed by atoms with van der Waals surface area (Å²) in [4.78, 5) is 23.1. The molecule has 1 saturated carbocycles. The topological polar surface area (TPSA) is 66.4 Å². The van der Waals surface area contributed by atoms with Gasteiger partial charge in [-0.2, -0.15) is 0 Å². The molecule has 1 unspecified atom stereocenters. The van der Waals surface area contributed by atoms with Crippen LogP contribution in [0.3, 0.4) is 0 Å². The molecule has 2 rings (SSSR count). The molecule has 2 N–H and O–H groups in total. The lowest BCUT2D eigenvalue weighted by Gasteiger charge is -2.16. The largest absolute Gasteiger partial charge is 0.481 e. The number of halogens is 1. The maximum atomic E-state index is 13.4. The quantitative estimate of drug-likeness (QED) is 0.724. The first-order chi connectivity index (χ1) is 10.1. The average molecular weight is 311 g/mol. The second-order valence-electron chi connectivity index (χ2n) is 5.14. The van der Waals surface area contributed by atoms with Crippen molar-refractivity contribution in [2.24, 2.45) is 5.92 Å². The number of nitrogens with one attached hydrogen (secondary N) is 1. The maximum absolute atomic E-state index is 13.4. The Balaban J connectivity index is 1.74. The van der Waals surface area contributed by atoms with E-state index in [0.29, 0.717) is 16.6 Å². The Morgan fingerprint density at radius 2 is 2.10 bits per heavy atom. The van der Waals surface area contributed by atoms with Gasteiger partial charge in [0.2, 0.25) is 5.91 Å². The van der Waals surface area contributed by atoms with E-state index >= 15 is 0 Å². The molecule has 1 aliphatic rings. The molecule has 1 fully saturated rings. The SMILES string of the molecule is O=C(O)CC(NC(=O)CCSc1ccccc1F)C1CC1. The summed E-state index contributed by atoms with van der Waals surface area (Å²) in [6.07, 6.45) is 2.17. The van der Waals surface area contributed by atoms with Crippen LogP contribution >= 0.6 is 11.8 Å². The first-order valence-corrected chi connectivity index (χ1v) is 7.93. The van der Waals surface area contributed by atoms with E-state index < -0.39 is 5.97 Å². The molecule has 0 radical (unpaired) electrons. The molecule has 0 aromatic heterocycles. The number of thioether (sulfide) groups is 1. The zero-order valence-electron chi connectivity index (χ0n) is 11.5. The van der Waals surface area contributed by atoms with Crippen molar-refractivity contribution < 1.29 is 19.1 Å². The molecule has 4 nitrogen and oxygen atoms in total. The van der Waals surface area contributed by atoms with E-state index in [1.807, 2.05) is 0 Å². The highest BCUT2D eigenvalue weighted by atomic mass is 32.2. The van der Waals surface area contributed by atoms with Crippen molar-refractivity contribution in [2.75, 3.05) is 5.75 Å². The number of rotatable bonds is 8. The lowest BCUT2D eigenvalue weighted by atomic mass is 10.1. The van der Waals surface area contributed by atoms with Crippen LogP contribution in [-0.2, 0) is 9.59 Å². The van der Waals surface area contributed by atoms with Crippen molar-refractivity contribution in [3.05, 3.63) is 30.1 Å². The number of benzene rings is 1. The normalized spacial score (nSPS) is 15.5. The second kappa shape index (κ2) is 7.45. The number of hydrogen-bond acceptors (Lipinski definition) is 3. The zero-order chi connectivity index (χ0) is 15.2. The Morgan fingerprint density at radius 1 is 1.38 bits per heavy atom. The summed E-state index contributed by atoms with van der Waals surface area (Å²) in [6.45, 7) is 0. The van der Waals surface area contributed by atoms with E-state index in [4.69, 9.17) is 5.11 Å². The number of carboxylic acid groups (broad SMARTS) is 1. The van der Waals surface area contributed by atoms with Gasteiger partial charge in [-0.05, 0) is 30.9 Å². The third-order valence-corrected chi connectivity index (χ3v) is 4.41. The van der Waals surface area contributed by atoms with E-state index in [-0.39, 0.29) is 30.6 Å². The van der Waals surface area contributed by atoms with Gasteiger partial charge in [0.15, 0.2) is 0 Å². The Kier molecular flexibility index (Phi) is 5.61. The summed E-state index contributed by atoms with van der Waals surface area (Å²) < 4.78 is 13.4. The van der Waals surface area contributed by atoms with Crippen molar-refractivity contribution >= 4 is 23.6 Å². The lowest BCUT2D eigenvalue weighted by molar-refractivity contribution is -0.137. The van der Waals surface area contributed by atoms with E-state index in [1.54, 1.807) is 18.2 Å². The molecule has 6 heteroatoms. The monoisotopic (exact) mass is 311 g/mol. The predicted octanol–water partition coefficient (Wildman–Crippen LogP) is 2.68. The van der Waals surface area contributed by atoms with Gasteiger partial charge in [0.1, 0.15) is 5.82 Å². The van der Waals surface area contributed by atoms with Crippen LogP contribution in [0.1, 0.15) is 25.7 Å². The minimum Gasteiger partial charge on any atom is -0.481 e. The number of amides is 1. The highest BCUT2D eigenvalue weighted by Crippen LogP contribution is 2.34. The van der Waals surface area contributed by atoms with Crippen molar-refractivity contribution in [1.29, 1.82) is 0 Å². The fraction of sp³-hybridized carbons (Fsp3) is 0.467.